The van der Waals surface area contributed by atoms with Crippen LogP contribution < -0.4 is 10.6 Å². The Labute approximate surface area is 116 Å². The van der Waals surface area contributed by atoms with E-state index in [2.05, 4.69) is 64.3 Å². The summed E-state index contributed by atoms with van der Waals surface area (Å²) < 4.78 is 0. The third-order valence-electron chi connectivity index (χ3n) is 2.67. The van der Waals surface area contributed by atoms with Gasteiger partial charge in [-0.1, -0.05) is 24.6 Å². The molecule has 0 radical (unpaired) electrons. The second-order valence-corrected chi connectivity index (χ2v) is 6.21. The zero-order chi connectivity index (χ0) is 13.9. The van der Waals surface area contributed by atoms with Crippen LogP contribution in [0.15, 0.2) is 12.1 Å². The number of aryl methyl sites for hydroxylation is 3. The summed E-state index contributed by atoms with van der Waals surface area (Å²) in [6.07, 6.45) is 1.00. The van der Waals surface area contributed by atoms with Crippen LogP contribution in [0.1, 0.15) is 44.4 Å². The SMILES string of the molecule is CCc1cc(C)cc(C)c1NC(=S)NC(C)(C)C. The van der Waals surface area contributed by atoms with Crippen molar-refractivity contribution in [2.24, 2.45) is 0 Å². The lowest BCUT2D eigenvalue weighted by molar-refractivity contribution is 0.515. The van der Waals surface area contributed by atoms with Crippen molar-refractivity contribution in [3.63, 3.8) is 0 Å². The second kappa shape index (κ2) is 5.70. The summed E-state index contributed by atoms with van der Waals surface area (Å²) in [7, 11) is 0. The highest BCUT2D eigenvalue weighted by Gasteiger charge is 2.13. The minimum Gasteiger partial charge on any atom is -0.358 e. The number of anilines is 1. The van der Waals surface area contributed by atoms with Crippen LogP contribution >= 0.6 is 12.2 Å². The molecule has 0 saturated heterocycles. The smallest absolute Gasteiger partial charge is 0.171 e. The summed E-state index contributed by atoms with van der Waals surface area (Å²) in [6.45, 7) is 12.7. The molecule has 100 valence electrons. The summed E-state index contributed by atoms with van der Waals surface area (Å²) >= 11 is 5.36. The Balaban J connectivity index is 2.94. The third kappa shape index (κ3) is 4.30. The van der Waals surface area contributed by atoms with Crippen LogP contribution in [0.2, 0.25) is 0 Å². The number of hydrogen-bond acceptors (Lipinski definition) is 1. The molecular formula is C15H24N2S. The van der Waals surface area contributed by atoms with Gasteiger partial charge >= 0.3 is 0 Å². The molecule has 0 aliphatic rings. The first-order valence-corrected chi connectivity index (χ1v) is 6.83. The van der Waals surface area contributed by atoms with Crippen molar-refractivity contribution in [3.05, 3.63) is 28.8 Å². The van der Waals surface area contributed by atoms with Crippen LogP contribution in [0.25, 0.3) is 0 Å². The number of thiocarbonyl (C=S) groups is 1. The molecule has 1 aromatic rings. The standard InChI is InChI=1S/C15H24N2S/c1-7-12-9-10(2)8-11(3)13(12)16-14(18)17-15(4,5)6/h8-9H,7H2,1-6H3,(H2,16,17,18). The van der Waals surface area contributed by atoms with Crippen LogP contribution in [0.5, 0.6) is 0 Å². The predicted molar refractivity (Wildman–Crippen MR) is 84.4 cm³/mol. The number of benzene rings is 1. The second-order valence-electron chi connectivity index (χ2n) is 5.80. The van der Waals surface area contributed by atoms with Gasteiger partial charge in [0.25, 0.3) is 0 Å². The molecule has 0 heterocycles. The van der Waals surface area contributed by atoms with Crippen LogP contribution in [-0.4, -0.2) is 10.7 Å². The number of rotatable bonds is 2. The van der Waals surface area contributed by atoms with Gasteiger partial charge < -0.3 is 10.6 Å². The molecule has 0 aliphatic carbocycles. The third-order valence-corrected chi connectivity index (χ3v) is 2.87. The molecule has 2 nitrogen and oxygen atoms in total. The molecule has 0 aromatic heterocycles. The van der Waals surface area contributed by atoms with Crippen molar-refractivity contribution >= 4 is 23.0 Å². The quantitative estimate of drug-likeness (QED) is 0.791. The van der Waals surface area contributed by atoms with E-state index in [4.69, 9.17) is 12.2 Å². The molecule has 18 heavy (non-hydrogen) atoms. The number of nitrogens with one attached hydrogen (secondary N) is 2. The molecule has 0 fully saturated rings. The lowest BCUT2D eigenvalue weighted by atomic mass is 10.0. The monoisotopic (exact) mass is 264 g/mol. The van der Waals surface area contributed by atoms with Gasteiger partial charge in [0.2, 0.25) is 0 Å². The van der Waals surface area contributed by atoms with E-state index in [-0.39, 0.29) is 5.54 Å². The van der Waals surface area contributed by atoms with Gasteiger partial charge in [-0.15, -0.1) is 0 Å². The van der Waals surface area contributed by atoms with Crippen LogP contribution in [0.4, 0.5) is 5.69 Å². The highest BCUT2D eigenvalue weighted by atomic mass is 32.1. The maximum absolute atomic E-state index is 5.36. The summed E-state index contributed by atoms with van der Waals surface area (Å²) in [6, 6.07) is 4.40. The molecule has 0 bridgehead atoms. The number of hydrogen-bond donors (Lipinski definition) is 2. The Bertz CT molecular complexity index is 445. The van der Waals surface area contributed by atoms with E-state index >= 15 is 0 Å². The molecule has 0 aliphatic heterocycles. The van der Waals surface area contributed by atoms with Crippen molar-refractivity contribution in [3.8, 4) is 0 Å². The fourth-order valence-corrected chi connectivity index (χ4v) is 2.41. The van der Waals surface area contributed by atoms with E-state index in [1.807, 2.05) is 0 Å². The minimum absolute atomic E-state index is 0.0188. The van der Waals surface area contributed by atoms with Crippen molar-refractivity contribution in [1.29, 1.82) is 0 Å². The molecule has 1 rings (SSSR count). The Hall–Kier alpha value is -1.09. The lowest BCUT2D eigenvalue weighted by Gasteiger charge is -2.24. The normalized spacial score (nSPS) is 11.2. The fraction of sp³-hybridized carbons (Fsp3) is 0.533. The van der Waals surface area contributed by atoms with Gasteiger partial charge in [0.15, 0.2) is 5.11 Å². The summed E-state index contributed by atoms with van der Waals surface area (Å²) in [4.78, 5) is 0. The highest BCUT2D eigenvalue weighted by molar-refractivity contribution is 7.80. The first-order valence-electron chi connectivity index (χ1n) is 6.42. The van der Waals surface area contributed by atoms with E-state index in [0.29, 0.717) is 5.11 Å². The summed E-state index contributed by atoms with van der Waals surface area (Å²) in [5.41, 5.74) is 4.97. The zero-order valence-corrected chi connectivity index (χ0v) is 13.1. The average molecular weight is 264 g/mol. The molecule has 0 unspecified atom stereocenters. The van der Waals surface area contributed by atoms with Crippen molar-refractivity contribution in [1.82, 2.24) is 5.32 Å². The van der Waals surface area contributed by atoms with E-state index in [1.54, 1.807) is 0 Å². The molecule has 3 heteroatoms. The average Bonchev–Trinajstić information content (AvgIpc) is 2.18. The molecule has 1 aromatic carbocycles. The van der Waals surface area contributed by atoms with Gasteiger partial charge in [-0.05, 0) is 64.4 Å². The molecule has 2 N–H and O–H groups in total. The van der Waals surface area contributed by atoms with Gasteiger partial charge in [-0.3, -0.25) is 0 Å². The maximum atomic E-state index is 5.36. The van der Waals surface area contributed by atoms with Gasteiger partial charge in [0.05, 0.1) is 0 Å². The Kier molecular flexibility index (Phi) is 4.74. The first kappa shape index (κ1) is 15.0. The predicted octanol–water partition coefficient (Wildman–Crippen LogP) is 3.95. The van der Waals surface area contributed by atoms with Gasteiger partial charge in [0.1, 0.15) is 0 Å². The topological polar surface area (TPSA) is 24.1 Å². The van der Waals surface area contributed by atoms with Crippen molar-refractivity contribution in [2.75, 3.05) is 5.32 Å². The van der Waals surface area contributed by atoms with Crippen molar-refractivity contribution in [2.45, 2.75) is 53.5 Å². The van der Waals surface area contributed by atoms with Crippen LogP contribution in [0, 0.1) is 13.8 Å². The van der Waals surface area contributed by atoms with Crippen LogP contribution in [-0.2, 0) is 6.42 Å². The van der Waals surface area contributed by atoms with E-state index in [1.165, 1.54) is 16.7 Å². The largest absolute Gasteiger partial charge is 0.358 e. The van der Waals surface area contributed by atoms with Gasteiger partial charge in [-0.2, -0.15) is 0 Å². The van der Waals surface area contributed by atoms with Gasteiger partial charge in [-0.25, -0.2) is 0 Å². The zero-order valence-electron chi connectivity index (χ0n) is 12.3. The Morgan fingerprint density at radius 3 is 2.33 bits per heavy atom. The molecule has 0 spiro atoms. The fourth-order valence-electron chi connectivity index (χ4n) is 2.00. The molecule has 0 amide bonds. The molecule has 0 saturated carbocycles. The maximum Gasteiger partial charge on any atom is 0.171 e. The minimum atomic E-state index is -0.0188. The van der Waals surface area contributed by atoms with E-state index in [9.17, 15) is 0 Å². The van der Waals surface area contributed by atoms with Crippen molar-refractivity contribution < 1.29 is 0 Å². The molecule has 0 atom stereocenters. The summed E-state index contributed by atoms with van der Waals surface area (Å²) in [5.74, 6) is 0. The van der Waals surface area contributed by atoms with E-state index < -0.39 is 0 Å². The molecular weight excluding hydrogens is 240 g/mol. The first-order chi connectivity index (χ1) is 8.23. The van der Waals surface area contributed by atoms with E-state index in [0.717, 1.165) is 12.1 Å². The van der Waals surface area contributed by atoms with Crippen LogP contribution in [0.3, 0.4) is 0 Å². The Morgan fingerprint density at radius 1 is 1.22 bits per heavy atom. The summed E-state index contributed by atoms with van der Waals surface area (Å²) in [5, 5.41) is 7.30. The Morgan fingerprint density at radius 2 is 1.83 bits per heavy atom. The van der Waals surface area contributed by atoms with Gasteiger partial charge in [0, 0.05) is 11.2 Å². The highest BCUT2D eigenvalue weighted by Crippen LogP contribution is 2.23. The lowest BCUT2D eigenvalue weighted by Crippen LogP contribution is -2.43.